The molecule has 0 amide bonds. The van der Waals surface area contributed by atoms with Gasteiger partial charge in [0.25, 0.3) is 0 Å². The first kappa shape index (κ1) is 24.7. The Morgan fingerprint density at radius 2 is 2.04 bits per heavy atom. The lowest BCUT2D eigenvalue weighted by atomic mass is 10.1. The second kappa shape index (κ2) is 14.6. The number of piperidine rings is 1. The average molecular weight is 554 g/mol. The van der Waals surface area contributed by atoms with Crippen LogP contribution in [0.5, 0.6) is 0 Å². The Bertz CT molecular complexity index is 552. The van der Waals surface area contributed by atoms with Crippen LogP contribution >= 0.6 is 39.9 Å². The highest BCUT2D eigenvalue weighted by molar-refractivity contribution is 14.0. The third-order valence-corrected chi connectivity index (χ3v) is 5.11. The van der Waals surface area contributed by atoms with Gasteiger partial charge in [-0.15, -0.1) is 24.0 Å². The molecule has 0 aromatic heterocycles. The zero-order valence-electron chi connectivity index (χ0n) is 16.5. The molecule has 0 radical (unpaired) electrons. The van der Waals surface area contributed by atoms with Gasteiger partial charge in [-0.3, -0.25) is 4.99 Å². The summed E-state index contributed by atoms with van der Waals surface area (Å²) in [5, 5.41) is 3.51. The van der Waals surface area contributed by atoms with Gasteiger partial charge in [0.1, 0.15) is 0 Å². The molecule has 0 atom stereocenters. The van der Waals surface area contributed by atoms with Gasteiger partial charge in [-0.2, -0.15) is 0 Å². The number of ether oxygens (including phenoxy) is 2. The summed E-state index contributed by atoms with van der Waals surface area (Å²) in [5.41, 5.74) is 1.36. The third kappa shape index (κ3) is 9.58. The molecule has 27 heavy (non-hydrogen) atoms. The van der Waals surface area contributed by atoms with Crippen LogP contribution in [-0.4, -0.2) is 64.0 Å². The summed E-state index contributed by atoms with van der Waals surface area (Å²) in [6.07, 6.45) is 5.63. The van der Waals surface area contributed by atoms with Gasteiger partial charge in [0.2, 0.25) is 0 Å². The van der Waals surface area contributed by atoms with E-state index >= 15 is 0 Å². The monoisotopic (exact) mass is 553 g/mol. The standard InChI is InChI=1S/C20H32BrN3O2.HI/c1-22-20(23-11-4-7-17-6-3-8-18(21)16-17)24-12-9-19(10-13-24)26-15-5-14-25-2;/h3,6,8,16,19H,4-5,7,9-15H2,1-2H3,(H,22,23);1H. The number of benzene rings is 1. The quantitative estimate of drug-likeness (QED) is 0.216. The average Bonchev–Trinajstić information content (AvgIpc) is 2.66. The zero-order chi connectivity index (χ0) is 18.6. The van der Waals surface area contributed by atoms with E-state index in [1.165, 1.54) is 5.56 Å². The van der Waals surface area contributed by atoms with E-state index in [1.807, 2.05) is 7.05 Å². The number of hydrogen-bond acceptors (Lipinski definition) is 3. The van der Waals surface area contributed by atoms with E-state index < -0.39 is 0 Å². The molecule has 0 saturated carbocycles. The highest BCUT2D eigenvalue weighted by Crippen LogP contribution is 2.15. The van der Waals surface area contributed by atoms with Crippen LogP contribution in [0.2, 0.25) is 0 Å². The molecule has 1 aliphatic heterocycles. The Morgan fingerprint density at radius 3 is 2.70 bits per heavy atom. The van der Waals surface area contributed by atoms with Gasteiger partial charge < -0.3 is 19.7 Å². The molecule has 1 N–H and O–H groups in total. The van der Waals surface area contributed by atoms with E-state index in [2.05, 4.69) is 55.4 Å². The second-order valence-electron chi connectivity index (χ2n) is 6.61. The fourth-order valence-corrected chi connectivity index (χ4v) is 3.65. The van der Waals surface area contributed by atoms with Crippen molar-refractivity contribution in [3.63, 3.8) is 0 Å². The minimum atomic E-state index is 0. The van der Waals surface area contributed by atoms with Crippen LogP contribution in [-0.2, 0) is 15.9 Å². The molecule has 1 saturated heterocycles. The summed E-state index contributed by atoms with van der Waals surface area (Å²) in [7, 11) is 3.60. The third-order valence-electron chi connectivity index (χ3n) is 4.61. The van der Waals surface area contributed by atoms with Gasteiger partial charge in [0.15, 0.2) is 5.96 Å². The van der Waals surface area contributed by atoms with Crippen LogP contribution in [0.3, 0.4) is 0 Å². The second-order valence-corrected chi connectivity index (χ2v) is 7.53. The van der Waals surface area contributed by atoms with Gasteiger partial charge in [-0.1, -0.05) is 28.1 Å². The predicted molar refractivity (Wildman–Crippen MR) is 126 cm³/mol. The summed E-state index contributed by atoms with van der Waals surface area (Å²) in [6.45, 7) is 4.50. The number of methoxy groups -OCH3 is 1. The van der Waals surface area contributed by atoms with E-state index in [0.29, 0.717) is 6.10 Å². The van der Waals surface area contributed by atoms with E-state index in [-0.39, 0.29) is 24.0 Å². The maximum atomic E-state index is 5.93. The maximum absolute atomic E-state index is 5.93. The van der Waals surface area contributed by atoms with Crippen LogP contribution in [0.15, 0.2) is 33.7 Å². The van der Waals surface area contributed by atoms with Crippen LogP contribution in [0, 0.1) is 0 Å². The maximum Gasteiger partial charge on any atom is 0.193 e. The molecule has 0 spiro atoms. The SMILES string of the molecule is CN=C(NCCCc1cccc(Br)c1)N1CCC(OCCCOC)CC1.I. The first-order valence-corrected chi connectivity index (χ1v) is 10.3. The van der Waals surface area contributed by atoms with Crippen molar-refractivity contribution in [2.45, 2.75) is 38.2 Å². The van der Waals surface area contributed by atoms with Crippen molar-refractivity contribution in [3.8, 4) is 0 Å². The van der Waals surface area contributed by atoms with Crippen molar-refractivity contribution < 1.29 is 9.47 Å². The summed E-state index contributed by atoms with van der Waals surface area (Å²) in [5.74, 6) is 1.01. The number of nitrogens with one attached hydrogen (secondary N) is 1. The molecule has 0 unspecified atom stereocenters. The van der Waals surface area contributed by atoms with Gasteiger partial charge in [0.05, 0.1) is 6.10 Å². The molecule has 2 rings (SSSR count). The Hall–Kier alpha value is -0.380. The molecule has 154 valence electrons. The molecule has 0 bridgehead atoms. The lowest BCUT2D eigenvalue weighted by Crippen LogP contribution is -2.47. The Kier molecular flexibility index (Phi) is 13.3. The summed E-state index contributed by atoms with van der Waals surface area (Å²) < 4.78 is 12.1. The molecule has 1 heterocycles. The van der Waals surface area contributed by atoms with Gasteiger partial charge in [0, 0.05) is 51.5 Å². The summed E-state index contributed by atoms with van der Waals surface area (Å²) in [4.78, 5) is 6.79. The normalized spacial score (nSPS) is 15.5. The number of rotatable bonds is 9. The van der Waals surface area contributed by atoms with E-state index in [0.717, 1.165) is 75.4 Å². The minimum Gasteiger partial charge on any atom is -0.385 e. The van der Waals surface area contributed by atoms with Crippen molar-refractivity contribution in [2.24, 2.45) is 4.99 Å². The van der Waals surface area contributed by atoms with Crippen molar-refractivity contribution >= 4 is 45.9 Å². The number of likely N-dealkylation sites (tertiary alicyclic amines) is 1. The van der Waals surface area contributed by atoms with Crippen LogP contribution in [0.4, 0.5) is 0 Å². The predicted octanol–water partition coefficient (Wildman–Crippen LogP) is 4.09. The number of nitrogens with zero attached hydrogens (tertiary/aromatic N) is 2. The lowest BCUT2D eigenvalue weighted by molar-refractivity contribution is 0.00991. The largest absolute Gasteiger partial charge is 0.385 e. The van der Waals surface area contributed by atoms with Crippen molar-refractivity contribution in [1.29, 1.82) is 0 Å². The Balaban J connectivity index is 0.00000364. The molecule has 1 fully saturated rings. The summed E-state index contributed by atoms with van der Waals surface area (Å²) >= 11 is 3.53. The van der Waals surface area contributed by atoms with Crippen LogP contribution < -0.4 is 5.32 Å². The van der Waals surface area contributed by atoms with Gasteiger partial charge in [-0.05, 0) is 49.8 Å². The van der Waals surface area contributed by atoms with Crippen molar-refractivity contribution in [2.75, 3.05) is 47.0 Å². The minimum absolute atomic E-state index is 0. The number of halogens is 2. The van der Waals surface area contributed by atoms with E-state index in [9.17, 15) is 0 Å². The fourth-order valence-electron chi connectivity index (χ4n) is 3.20. The molecular formula is C20H33BrIN3O2. The molecule has 7 heteroatoms. The Morgan fingerprint density at radius 1 is 1.26 bits per heavy atom. The van der Waals surface area contributed by atoms with Crippen molar-refractivity contribution in [3.05, 3.63) is 34.3 Å². The first-order valence-electron chi connectivity index (χ1n) is 9.53. The van der Waals surface area contributed by atoms with Gasteiger partial charge >= 0.3 is 0 Å². The fraction of sp³-hybridized carbons (Fsp3) is 0.650. The molecule has 0 aliphatic carbocycles. The topological polar surface area (TPSA) is 46.1 Å². The first-order chi connectivity index (χ1) is 12.7. The lowest BCUT2D eigenvalue weighted by Gasteiger charge is -2.34. The summed E-state index contributed by atoms with van der Waals surface area (Å²) in [6, 6.07) is 8.52. The van der Waals surface area contributed by atoms with Crippen LogP contribution in [0.1, 0.15) is 31.2 Å². The molecule has 5 nitrogen and oxygen atoms in total. The smallest absolute Gasteiger partial charge is 0.193 e. The molecular weight excluding hydrogens is 521 g/mol. The number of hydrogen-bond donors (Lipinski definition) is 1. The number of guanidine groups is 1. The number of aliphatic imine (C=N–C) groups is 1. The van der Waals surface area contributed by atoms with Crippen molar-refractivity contribution in [1.82, 2.24) is 10.2 Å². The molecule has 1 aromatic rings. The highest BCUT2D eigenvalue weighted by Gasteiger charge is 2.21. The van der Waals surface area contributed by atoms with E-state index in [1.54, 1.807) is 7.11 Å². The zero-order valence-corrected chi connectivity index (χ0v) is 20.4. The number of aryl methyl sites for hydroxylation is 1. The van der Waals surface area contributed by atoms with E-state index in [4.69, 9.17) is 9.47 Å². The van der Waals surface area contributed by atoms with Gasteiger partial charge in [-0.25, -0.2) is 0 Å². The molecule has 1 aliphatic rings. The Labute approximate surface area is 189 Å². The highest BCUT2D eigenvalue weighted by atomic mass is 127. The van der Waals surface area contributed by atoms with Crippen LogP contribution in [0.25, 0.3) is 0 Å². The molecule has 1 aromatic carbocycles.